The fourth-order valence-electron chi connectivity index (χ4n) is 2.14. The van der Waals surface area contributed by atoms with Crippen LogP contribution in [0.2, 0.25) is 0 Å². The van der Waals surface area contributed by atoms with E-state index in [0.29, 0.717) is 10.0 Å². The van der Waals surface area contributed by atoms with Crippen LogP contribution in [0.15, 0.2) is 59.4 Å². The van der Waals surface area contributed by atoms with E-state index in [9.17, 15) is 15.6 Å². The van der Waals surface area contributed by atoms with Crippen LogP contribution < -0.4 is 4.73 Å². The number of fused-ring (bicyclic) bond motifs is 1. The Kier molecular flexibility index (Phi) is 4.69. The minimum absolute atomic E-state index is 0.0783. The number of rotatable bonds is 4. The van der Waals surface area contributed by atoms with Gasteiger partial charge in [-0.05, 0) is 36.9 Å². The second-order valence-corrected chi connectivity index (χ2v) is 7.38. The van der Waals surface area contributed by atoms with Gasteiger partial charge in [-0.3, -0.25) is 0 Å². The van der Waals surface area contributed by atoms with Crippen LogP contribution in [-0.2, 0) is 0 Å². The molecule has 1 aromatic carbocycles. The van der Waals surface area contributed by atoms with Crippen LogP contribution in [0.3, 0.4) is 0 Å². The third-order valence-electron chi connectivity index (χ3n) is 3.35. The second kappa shape index (κ2) is 6.91. The van der Waals surface area contributed by atoms with Crippen molar-refractivity contribution in [3.05, 3.63) is 64.6 Å². The normalized spacial score (nSPS) is 13.3. The van der Waals surface area contributed by atoms with Gasteiger partial charge < -0.3 is 10.3 Å². The molecule has 0 aliphatic heterocycles. The number of aromatic nitrogens is 2. The van der Waals surface area contributed by atoms with Gasteiger partial charge in [0.2, 0.25) is 0 Å². The van der Waals surface area contributed by atoms with E-state index in [2.05, 4.69) is 4.98 Å². The Bertz CT molecular complexity index is 927. The van der Waals surface area contributed by atoms with E-state index in [4.69, 9.17) is 0 Å². The maximum atomic E-state index is 11.7. The fraction of sp³-hybridized carbons (Fsp3) is 0.118. The molecule has 0 radical (unpaired) electrons. The predicted molar refractivity (Wildman–Crippen MR) is 95.5 cm³/mol. The SMILES string of the molecule is C[C@H](Sc1cccc[n+]1[O-])C(O)=C(C#N)c1nc2ccccc2s1. The lowest BCUT2D eigenvalue weighted by atomic mass is 10.2. The highest BCUT2D eigenvalue weighted by Gasteiger charge is 2.21. The first-order chi connectivity index (χ1) is 11.6. The molecule has 0 amide bonds. The van der Waals surface area contributed by atoms with Gasteiger partial charge in [-0.25, -0.2) is 4.98 Å². The van der Waals surface area contributed by atoms with Crippen molar-refractivity contribution in [3.63, 3.8) is 0 Å². The van der Waals surface area contributed by atoms with Crippen molar-refractivity contribution >= 4 is 38.9 Å². The molecule has 0 unspecified atom stereocenters. The standard InChI is InChI=1S/C17H13N3O2S2/c1-11(23-15-8-4-5-9-20(15)22)16(21)12(10-18)17-19-13-6-2-3-7-14(13)24-17/h2-9,11,21H,1H3/t11-/m0/s1. The summed E-state index contributed by atoms with van der Waals surface area (Å²) < 4.78 is 1.69. The zero-order chi connectivity index (χ0) is 17.1. The molecule has 0 saturated carbocycles. The molecule has 2 heterocycles. The molecule has 2 aromatic heterocycles. The van der Waals surface area contributed by atoms with Crippen LogP contribution in [0, 0.1) is 16.5 Å². The van der Waals surface area contributed by atoms with E-state index in [1.54, 1.807) is 25.1 Å². The Morgan fingerprint density at radius 3 is 2.79 bits per heavy atom. The molecule has 24 heavy (non-hydrogen) atoms. The van der Waals surface area contributed by atoms with Gasteiger partial charge in [0.15, 0.2) is 6.20 Å². The third-order valence-corrected chi connectivity index (χ3v) is 5.54. The van der Waals surface area contributed by atoms with E-state index in [1.807, 2.05) is 30.3 Å². The molecule has 0 spiro atoms. The summed E-state index contributed by atoms with van der Waals surface area (Å²) in [5.41, 5.74) is 0.934. The Balaban J connectivity index is 1.95. The van der Waals surface area contributed by atoms with Crippen molar-refractivity contribution in [2.45, 2.75) is 17.2 Å². The van der Waals surface area contributed by atoms with E-state index in [-0.39, 0.29) is 11.3 Å². The molecule has 0 saturated heterocycles. The number of thiazole rings is 1. The molecule has 120 valence electrons. The molecule has 3 aromatic rings. The number of aliphatic hydroxyl groups is 1. The van der Waals surface area contributed by atoms with Gasteiger partial charge in [0.25, 0.3) is 5.03 Å². The quantitative estimate of drug-likeness (QED) is 0.252. The predicted octanol–water partition coefficient (Wildman–Crippen LogP) is 3.90. The van der Waals surface area contributed by atoms with Gasteiger partial charge in [-0.2, -0.15) is 9.99 Å². The van der Waals surface area contributed by atoms with E-state index in [1.165, 1.54) is 29.3 Å². The molecule has 0 bridgehead atoms. The van der Waals surface area contributed by atoms with Crippen molar-refractivity contribution < 1.29 is 9.84 Å². The Labute approximate surface area is 147 Å². The van der Waals surface area contributed by atoms with Crippen LogP contribution in [0.5, 0.6) is 0 Å². The van der Waals surface area contributed by atoms with Crippen LogP contribution in [0.4, 0.5) is 0 Å². The maximum absolute atomic E-state index is 11.7. The Morgan fingerprint density at radius 2 is 2.08 bits per heavy atom. The molecular weight excluding hydrogens is 342 g/mol. The van der Waals surface area contributed by atoms with Gasteiger partial charge in [0.05, 0.1) is 15.5 Å². The molecule has 1 N–H and O–H groups in total. The third kappa shape index (κ3) is 3.20. The fourth-order valence-corrected chi connectivity index (χ4v) is 4.02. The number of nitriles is 1. The number of hydrogen-bond acceptors (Lipinski definition) is 6. The highest BCUT2D eigenvalue weighted by molar-refractivity contribution is 7.99. The van der Waals surface area contributed by atoms with Gasteiger partial charge in [-0.1, -0.05) is 12.1 Å². The van der Waals surface area contributed by atoms with Crippen molar-refractivity contribution in [1.29, 1.82) is 5.26 Å². The number of para-hydroxylation sites is 1. The largest absolute Gasteiger partial charge is 0.618 e. The first-order valence-corrected chi connectivity index (χ1v) is 8.84. The highest BCUT2D eigenvalue weighted by Crippen LogP contribution is 2.32. The number of pyridine rings is 1. The summed E-state index contributed by atoms with van der Waals surface area (Å²) in [5.74, 6) is -0.0783. The maximum Gasteiger partial charge on any atom is 0.252 e. The molecular formula is C17H13N3O2S2. The highest BCUT2D eigenvalue weighted by atomic mass is 32.2. The van der Waals surface area contributed by atoms with Crippen LogP contribution in [-0.4, -0.2) is 15.3 Å². The van der Waals surface area contributed by atoms with Gasteiger partial charge in [0, 0.05) is 12.1 Å². The zero-order valence-electron chi connectivity index (χ0n) is 12.7. The smallest absolute Gasteiger partial charge is 0.252 e. The number of thioether (sulfide) groups is 1. The average molecular weight is 355 g/mol. The summed E-state index contributed by atoms with van der Waals surface area (Å²) in [6.07, 6.45) is 1.40. The topological polar surface area (TPSA) is 83.9 Å². The summed E-state index contributed by atoms with van der Waals surface area (Å²) in [6, 6.07) is 14.7. The van der Waals surface area contributed by atoms with Crippen molar-refractivity contribution in [2.24, 2.45) is 0 Å². The number of hydrogen-bond donors (Lipinski definition) is 1. The Morgan fingerprint density at radius 1 is 1.33 bits per heavy atom. The van der Waals surface area contributed by atoms with Crippen LogP contribution in [0.1, 0.15) is 11.9 Å². The molecule has 1 atom stereocenters. The summed E-state index contributed by atoms with van der Waals surface area (Å²) in [5, 5.41) is 32.2. The van der Waals surface area contributed by atoms with Crippen LogP contribution >= 0.6 is 23.1 Å². The molecule has 7 heteroatoms. The molecule has 5 nitrogen and oxygen atoms in total. The van der Waals surface area contributed by atoms with Gasteiger partial charge in [0.1, 0.15) is 22.4 Å². The molecule has 0 aliphatic carbocycles. The first kappa shape index (κ1) is 16.3. The lowest BCUT2D eigenvalue weighted by Gasteiger charge is -2.11. The number of aliphatic hydroxyl groups excluding tert-OH is 1. The van der Waals surface area contributed by atoms with E-state index >= 15 is 0 Å². The Hall–Kier alpha value is -2.56. The van der Waals surface area contributed by atoms with Crippen molar-refractivity contribution in [1.82, 2.24) is 4.98 Å². The molecule has 3 rings (SSSR count). The lowest BCUT2D eigenvalue weighted by molar-refractivity contribution is -0.645. The number of nitrogens with zero attached hydrogens (tertiary/aromatic N) is 3. The van der Waals surface area contributed by atoms with Crippen molar-refractivity contribution in [2.75, 3.05) is 0 Å². The van der Waals surface area contributed by atoms with E-state index < -0.39 is 5.25 Å². The van der Waals surface area contributed by atoms with Gasteiger partial charge in [-0.15, -0.1) is 11.3 Å². The minimum atomic E-state index is -0.450. The lowest BCUT2D eigenvalue weighted by Crippen LogP contribution is -2.28. The number of benzene rings is 1. The zero-order valence-corrected chi connectivity index (χ0v) is 14.3. The number of allylic oxidation sites excluding steroid dienone is 1. The summed E-state index contributed by atoms with van der Waals surface area (Å²) in [7, 11) is 0. The van der Waals surface area contributed by atoms with Gasteiger partial charge >= 0.3 is 0 Å². The summed E-state index contributed by atoms with van der Waals surface area (Å²) >= 11 is 2.55. The summed E-state index contributed by atoms with van der Waals surface area (Å²) in [6.45, 7) is 1.75. The van der Waals surface area contributed by atoms with Crippen LogP contribution in [0.25, 0.3) is 15.8 Å². The molecule has 0 fully saturated rings. The van der Waals surface area contributed by atoms with E-state index in [0.717, 1.165) is 14.9 Å². The average Bonchev–Trinajstić information content (AvgIpc) is 3.01. The molecule has 0 aliphatic rings. The first-order valence-electron chi connectivity index (χ1n) is 7.14. The minimum Gasteiger partial charge on any atom is -0.618 e. The summed E-state index contributed by atoms with van der Waals surface area (Å²) in [4.78, 5) is 4.41. The second-order valence-electron chi connectivity index (χ2n) is 4.98. The monoisotopic (exact) mass is 355 g/mol. The van der Waals surface area contributed by atoms with Crippen molar-refractivity contribution in [3.8, 4) is 6.07 Å².